The van der Waals surface area contributed by atoms with Crippen molar-refractivity contribution < 1.29 is 24.9 Å². The number of aliphatic hydroxyl groups excluding tert-OH is 3. The standard InChI is InChI=1S/C35H58O5/c1-9-10-11-20-40-30(39)35-17-14-21(2)22(3)26(35)23-12-13-25-33(7,32(23,6)18-19-35)16-15-24-31(4,5)28(37)27(36)29(38)34(24,25)8/h12,21-22,24-29,36-38H,9-11,13-20H2,1-8H3/t21-,22+,24+,25+,26+,27-,28+,29+,32-,33-,34+,35+/m1/s1. The maximum atomic E-state index is 14.0. The summed E-state index contributed by atoms with van der Waals surface area (Å²) in [4.78, 5) is 14.0. The van der Waals surface area contributed by atoms with E-state index >= 15 is 0 Å². The van der Waals surface area contributed by atoms with Crippen molar-refractivity contribution in [2.75, 3.05) is 6.61 Å². The first-order valence-corrected chi connectivity index (χ1v) is 16.6. The van der Waals surface area contributed by atoms with Crippen LogP contribution in [0.3, 0.4) is 0 Å². The van der Waals surface area contributed by atoms with Gasteiger partial charge in [-0.2, -0.15) is 0 Å². The highest BCUT2D eigenvalue weighted by Crippen LogP contribution is 2.75. The Morgan fingerprint density at radius 2 is 1.62 bits per heavy atom. The third-order valence-corrected chi connectivity index (χ3v) is 14.5. The molecule has 0 aliphatic heterocycles. The number of esters is 1. The molecule has 0 amide bonds. The van der Waals surface area contributed by atoms with Crippen LogP contribution in [0.15, 0.2) is 11.6 Å². The fraction of sp³-hybridized carbons (Fsp3) is 0.914. The molecule has 0 radical (unpaired) electrons. The molecule has 0 aromatic carbocycles. The Morgan fingerprint density at radius 3 is 2.30 bits per heavy atom. The number of carbonyl (C=O) groups is 1. The summed E-state index contributed by atoms with van der Waals surface area (Å²) in [5.41, 5.74) is -0.0839. The smallest absolute Gasteiger partial charge is 0.312 e. The second-order valence-corrected chi connectivity index (χ2v) is 16.2. The number of fused-ring (bicyclic) bond motifs is 7. The lowest BCUT2D eigenvalue weighted by atomic mass is 9.33. The minimum atomic E-state index is -1.14. The van der Waals surface area contributed by atoms with Gasteiger partial charge in [-0.25, -0.2) is 0 Å². The molecule has 0 spiro atoms. The number of hydrogen-bond acceptors (Lipinski definition) is 5. The first-order chi connectivity index (χ1) is 18.6. The number of hydrogen-bond donors (Lipinski definition) is 3. The lowest BCUT2D eigenvalue weighted by molar-refractivity contribution is -0.278. The van der Waals surface area contributed by atoms with Gasteiger partial charge in [-0.05, 0) is 97.2 Å². The van der Waals surface area contributed by atoms with Crippen LogP contribution in [0.4, 0.5) is 0 Å². The zero-order valence-electron chi connectivity index (χ0n) is 26.6. The molecule has 0 unspecified atom stereocenters. The number of ether oxygens (including phenoxy) is 1. The Balaban J connectivity index is 1.56. The van der Waals surface area contributed by atoms with Crippen molar-refractivity contribution in [3.63, 3.8) is 0 Å². The van der Waals surface area contributed by atoms with E-state index in [9.17, 15) is 20.1 Å². The van der Waals surface area contributed by atoms with Gasteiger partial charge in [0.1, 0.15) is 6.10 Å². The van der Waals surface area contributed by atoms with Crippen LogP contribution in [0.5, 0.6) is 0 Å². The number of unbranched alkanes of at least 4 members (excludes halogenated alkanes) is 2. The van der Waals surface area contributed by atoms with E-state index in [0.29, 0.717) is 18.4 Å². The van der Waals surface area contributed by atoms with E-state index in [1.165, 1.54) is 5.57 Å². The van der Waals surface area contributed by atoms with E-state index < -0.39 is 34.6 Å². The SMILES string of the molecule is CCCCCOC(=O)[C@]12CC[C@@H](C)[C@H](C)[C@H]1C1=CC[C@@H]3[C@@]4(C)[C@@H](O)[C@H](O)[C@H](O)C(C)(C)[C@@H]4CC[C@@]3(C)[C@]1(C)CC2. The lowest BCUT2D eigenvalue weighted by Gasteiger charge is -2.72. The van der Waals surface area contributed by atoms with Crippen molar-refractivity contribution in [1.82, 2.24) is 0 Å². The molecule has 5 heteroatoms. The molecule has 0 bridgehead atoms. The van der Waals surface area contributed by atoms with Crippen LogP contribution in [0.1, 0.15) is 120 Å². The number of carbonyl (C=O) groups excluding carboxylic acids is 1. The third-order valence-electron chi connectivity index (χ3n) is 14.5. The minimum Gasteiger partial charge on any atom is -0.465 e. The van der Waals surface area contributed by atoms with Gasteiger partial charge < -0.3 is 20.1 Å². The van der Waals surface area contributed by atoms with E-state index in [1.807, 2.05) is 0 Å². The summed E-state index contributed by atoms with van der Waals surface area (Å²) in [6.45, 7) is 18.7. The van der Waals surface area contributed by atoms with Gasteiger partial charge in [0.15, 0.2) is 0 Å². The summed E-state index contributed by atoms with van der Waals surface area (Å²) in [7, 11) is 0. The summed E-state index contributed by atoms with van der Waals surface area (Å²) in [6, 6.07) is 0. The molecule has 0 aromatic heterocycles. The molecular formula is C35H58O5. The van der Waals surface area contributed by atoms with E-state index in [2.05, 4.69) is 61.5 Å². The van der Waals surface area contributed by atoms with Gasteiger partial charge in [0, 0.05) is 5.41 Å². The maximum absolute atomic E-state index is 14.0. The molecule has 0 saturated heterocycles. The van der Waals surface area contributed by atoms with Gasteiger partial charge in [-0.3, -0.25) is 4.79 Å². The average molecular weight is 559 g/mol. The highest BCUT2D eigenvalue weighted by Gasteiger charge is 2.72. The largest absolute Gasteiger partial charge is 0.465 e. The fourth-order valence-corrected chi connectivity index (χ4v) is 11.6. The van der Waals surface area contributed by atoms with Crippen LogP contribution in [-0.2, 0) is 9.53 Å². The Bertz CT molecular complexity index is 1020. The molecule has 40 heavy (non-hydrogen) atoms. The van der Waals surface area contributed by atoms with Crippen LogP contribution in [0, 0.1) is 56.7 Å². The highest BCUT2D eigenvalue weighted by molar-refractivity contribution is 5.79. The van der Waals surface area contributed by atoms with Gasteiger partial charge in [0.25, 0.3) is 0 Å². The first-order valence-electron chi connectivity index (χ1n) is 16.6. The van der Waals surface area contributed by atoms with Crippen molar-refractivity contribution in [2.24, 2.45) is 56.7 Å². The summed E-state index contributed by atoms with van der Waals surface area (Å²) in [5.74, 6) is 1.52. The van der Waals surface area contributed by atoms with Crippen molar-refractivity contribution in [3.8, 4) is 0 Å². The van der Waals surface area contributed by atoms with Gasteiger partial charge >= 0.3 is 5.97 Å². The monoisotopic (exact) mass is 558 g/mol. The van der Waals surface area contributed by atoms with Crippen LogP contribution in [-0.4, -0.2) is 46.2 Å². The lowest BCUT2D eigenvalue weighted by Crippen LogP contribution is -2.72. The molecular weight excluding hydrogens is 500 g/mol. The topological polar surface area (TPSA) is 87.0 Å². The van der Waals surface area contributed by atoms with E-state index in [-0.39, 0.29) is 34.6 Å². The van der Waals surface area contributed by atoms with Crippen molar-refractivity contribution in [2.45, 2.75) is 138 Å². The molecule has 0 aromatic rings. The molecule has 4 saturated carbocycles. The normalized spacial score (nSPS) is 51.4. The number of rotatable bonds is 5. The van der Waals surface area contributed by atoms with E-state index in [0.717, 1.165) is 64.2 Å². The van der Waals surface area contributed by atoms with E-state index in [4.69, 9.17) is 4.74 Å². The predicted octanol–water partition coefficient (Wildman–Crippen LogP) is 6.68. The minimum absolute atomic E-state index is 0.0415. The van der Waals surface area contributed by atoms with Crippen LogP contribution < -0.4 is 0 Å². The van der Waals surface area contributed by atoms with Crippen molar-refractivity contribution in [3.05, 3.63) is 11.6 Å². The molecule has 5 rings (SSSR count). The first kappa shape index (κ1) is 30.5. The van der Waals surface area contributed by atoms with Crippen molar-refractivity contribution in [1.29, 1.82) is 0 Å². The number of aliphatic hydroxyl groups is 3. The molecule has 3 N–H and O–H groups in total. The molecule has 5 nitrogen and oxygen atoms in total. The summed E-state index contributed by atoms with van der Waals surface area (Å²) in [5, 5.41) is 33.8. The molecule has 12 atom stereocenters. The van der Waals surface area contributed by atoms with Crippen molar-refractivity contribution >= 4 is 5.97 Å². The Kier molecular flexibility index (Phi) is 7.70. The fourth-order valence-electron chi connectivity index (χ4n) is 11.6. The molecule has 5 aliphatic rings. The quantitative estimate of drug-likeness (QED) is 0.199. The Hall–Kier alpha value is -0.910. The maximum Gasteiger partial charge on any atom is 0.312 e. The summed E-state index contributed by atoms with van der Waals surface area (Å²) < 4.78 is 6.07. The van der Waals surface area contributed by atoms with Gasteiger partial charge in [0.05, 0.1) is 24.2 Å². The predicted molar refractivity (Wildman–Crippen MR) is 158 cm³/mol. The molecule has 5 aliphatic carbocycles. The third kappa shape index (κ3) is 3.85. The highest BCUT2D eigenvalue weighted by atomic mass is 16.5. The zero-order chi connectivity index (χ0) is 29.5. The average Bonchev–Trinajstić information content (AvgIpc) is 2.91. The van der Waals surface area contributed by atoms with Crippen LogP contribution in [0.2, 0.25) is 0 Å². The van der Waals surface area contributed by atoms with Gasteiger partial charge in [-0.15, -0.1) is 0 Å². The second kappa shape index (κ2) is 10.1. The van der Waals surface area contributed by atoms with Crippen LogP contribution >= 0.6 is 0 Å². The molecule has 0 heterocycles. The van der Waals surface area contributed by atoms with Crippen LogP contribution in [0.25, 0.3) is 0 Å². The summed E-state index contributed by atoms with van der Waals surface area (Å²) in [6.07, 6.45) is 9.23. The molecule has 228 valence electrons. The zero-order valence-corrected chi connectivity index (χ0v) is 26.6. The van der Waals surface area contributed by atoms with Gasteiger partial charge in [-0.1, -0.05) is 79.9 Å². The summed E-state index contributed by atoms with van der Waals surface area (Å²) >= 11 is 0. The van der Waals surface area contributed by atoms with E-state index in [1.54, 1.807) is 0 Å². The molecule has 4 fully saturated rings. The number of allylic oxidation sites excluding steroid dienone is 2. The van der Waals surface area contributed by atoms with Gasteiger partial charge in [0.2, 0.25) is 0 Å². The second-order valence-electron chi connectivity index (χ2n) is 16.2. The Labute approximate surface area is 243 Å². The Morgan fingerprint density at radius 1 is 0.925 bits per heavy atom.